The lowest BCUT2D eigenvalue weighted by Crippen LogP contribution is -2.03. The summed E-state index contributed by atoms with van der Waals surface area (Å²) in [5.41, 5.74) is 7.54. The molecule has 0 aliphatic heterocycles. The molecule has 0 saturated heterocycles. The molecule has 0 spiro atoms. The molecule has 18 heavy (non-hydrogen) atoms. The van der Waals surface area contributed by atoms with Gasteiger partial charge < -0.3 is 5.73 Å². The Kier molecular flexibility index (Phi) is 2.52. The summed E-state index contributed by atoms with van der Waals surface area (Å²) < 4.78 is 2.77. The Labute approximate surface area is 112 Å². The van der Waals surface area contributed by atoms with E-state index in [4.69, 9.17) is 5.73 Å². The normalized spacial score (nSPS) is 11.0. The van der Waals surface area contributed by atoms with Gasteiger partial charge >= 0.3 is 0 Å². The monoisotopic (exact) mass is 303 g/mol. The number of anilines is 1. The topological polar surface area (TPSA) is 69.6 Å². The summed E-state index contributed by atoms with van der Waals surface area (Å²) in [7, 11) is 0. The number of halogens is 1. The largest absolute Gasteiger partial charge is 0.368 e. The van der Waals surface area contributed by atoms with Crippen molar-refractivity contribution in [2.45, 2.75) is 6.92 Å². The van der Waals surface area contributed by atoms with Crippen molar-refractivity contribution >= 4 is 32.8 Å². The van der Waals surface area contributed by atoms with Crippen LogP contribution in [0.25, 0.3) is 16.7 Å². The lowest BCUT2D eigenvalue weighted by Gasteiger charge is -2.02. The van der Waals surface area contributed by atoms with Crippen LogP contribution in [0.5, 0.6) is 0 Å². The molecule has 0 bridgehead atoms. The molecule has 2 heterocycles. The van der Waals surface area contributed by atoms with E-state index in [2.05, 4.69) is 31.0 Å². The molecule has 3 rings (SSSR count). The number of nitrogen functional groups attached to an aromatic ring is 1. The average molecular weight is 304 g/mol. The number of hydrogen-bond donors (Lipinski definition) is 1. The van der Waals surface area contributed by atoms with Crippen molar-refractivity contribution in [2.24, 2.45) is 0 Å². The second-order valence-corrected chi connectivity index (χ2v) is 4.85. The molecule has 3 aromatic rings. The second-order valence-electron chi connectivity index (χ2n) is 3.93. The van der Waals surface area contributed by atoms with E-state index in [9.17, 15) is 0 Å². The van der Waals surface area contributed by atoms with Gasteiger partial charge in [-0.3, -0.25) is 0 Å². The van der Waals surface area contributed by atoms with Crippen LogP contribution in [0.4, 0.5) is 5.95 Å². The molecule has 5 nitrogen and oxygen atoms in total. The number of fused-ring (bicyclic) bond motifs is 1. The number of nitrogens with two attached hydrogens (primary N) is 1. The number of aryl methyl sites for hydroxylation is 1. The van der Waals surface area contributed by atoms with E-state index in [1.165, 1.54) is 0 Å². The maximum absolute atomic E-state index is 5.60. The summed E-state index contributed by atoms with van der Waals surface area (Å²) in [6, 6.07) is 7.81. The van der Waals surface area contributed by atoms with E-state index < -0.39 is 0 Å². The Balaban J connectivity index is 2.32. The summed E-state index contributed by atoms with van der Waals surface area (Å²) in [4.78, 5) is 8.07. The Morgan fingerprint density at radius 3 is 2.89 bits per heavy atom. The molecule has 0 atom stereocenters. The highest BCUT2D eigenvalue weighted by Gasteiger charge is 2.10. The maximum atomic E-state index is 5.60. The van der Waals surface area contributed by atoms with E-state index in [-0.39, 0.29) is 5.95 Å². The minimum Gasteiger partial charge on any atom is -0.368 e. The van der Waals surface area contributed by atoms with Gasteiger partial charge in [-0.25, -0.2) is 9.67 Å². The highest BCUT2D eigenvalue weighted by atomic mass is 79.9. The first-order valence-corrected chi connectivity index (χ1v) is 6.18. The SMILES string of the molecule is Cc1nn(-c2ccnc(N)n2)c2cc(Br)ccc12. The molecule has 0 aliphatic rings. The van der Waals surface area contributed by atoms with Crippen molar-refractivity contribution in [3.8, 4) is 5.82 Å². The second kappa shape index (κ2) is 4.06. The molecule has 0 fully saturated rings. The first-order valence-electron chi connectivity index (χ1n) is 5.39. The van der Waals surface area contributed by atoms with Gasteiger partial charge in [0.05, 0.1) is 11.2 Å². The number of aromatic nitrogens is 4. The minimum absolute atomic E-state index is 0.240. The van der Waals surface area contributed by atoms with E-state index in [1.807, 2.05) is 25.1 Å². The Morgan fingerprint density at radius 1 is 1.28 bits per heavy atom. The third kappa shape index (κ3) is 1.74. The zero-order valence-corrected chi connectivity index (χ0v) is 11.2. The van der Waals surface area contributed by atoms with Gasteiger partial charge in [-0.2, -0.15) is 10.1 Å². The highest BCUT2D eigenvalue weighted by molar-refractivity contribution is 9.10. The van der Waals surface area contributed by atoms with Gasteiger partial charge in [0.1, 0.15) is 0 Å². The Morgan fingerprint density at radius 2 is 2.11 bits per heavy atom. The zero-order valence-electron chi connectivity index (χ0n) is 9.63. The quantitative estimate of drug-likeness (QED) is 0.750. The predicted molar refractivity (Wildman–Crippen MR) is 73.5 cm³/mol. The fourth-order valence-electron chi connectivity index (χ4n) is 1.90. The molecule has 0 radical (unpaired) electrons. The van der Waals surface area contributed by atoms with Crippen molar-refractivity contribution in [3.05, 3.63) is 40.6 Å². The van der Waals surface area contributed by atoms with Gasteiger partial charge in [-0.05, 0) is 25.1 Å². The van der Waals surface area contributed by atoms with Gasteiger partial charge in [-0.1, -0.05) is 15.9 Å². The highest BCUT2D eigenvalue weighted by Crippen LogP contribution is 2.24. The van der Waals surface area contributed by atoms with Crippen LogP contribution in [0.3, 0.4) is 0 Å². The van der Waals surface area contributed by atoms with E-state index in [0.29, 0.717) is 5.82 Å². The zero-order chi connectivity index (χ0) is 12.7. The third-order valence-corrected chi connectivity index (χ3v) is 3.20. The van der Waals surface area contributed by atoms with Gasteiger partial charge in [0.2, 0.25) is 5.95 Å². The molecule has 6 heteroatoms. The summed E-state index contributed by atoms with van der Waals surface area (Å²) >= 11 is 3.46. The van der Waals surface area contributed by atoms with Crippen LogP contribution in [0.15, 0.2) is 34.9 Å². The van der Waals surface area contributed by atoms with Crippen molar-refractivity contribution in [1.29, 1.82) is 0 Å². The molecule has 0 unspecified atom stereocenters. The Hall–Kier alpha value is -1.95. The average Bonchev–Trinajstić information content (AvgIpc) is 2.66. The van der Waals surface area contributed by atoms with Crippen LogP contribution in [0.1, 0.15) is 5.69 Å². The summed E-state index contributed by atoms with van der Waals surface area (Å²) in [5.74, 6) is 0.905. The first-order chi connectivity index (χ1) is 8.65. The maximum Gasteiger partial charge on any atom is 0.221 e. The van der Waals surface area contributed by atoms with Gasteiger partial charge in [-0.15, -0.1) is 0 Å². The van der Waals surface area contributed by atoms with E-state index >= 15 is 0 Å². The van der Waals surface area contributed by atoms with Crippen LogP contribution < -0.4 is 5.73 Å². The molecular formula is C12H10BrN5. The number of benzene rings is 1. The smallest absolute Gasteiger partial charge is 0.221 e. The van der Waals surface area contributed by atoms with Crippen molar-refractivity contribution in [1.82, 2.24) is 19.7 Å². The summed E-state index contributed by atoms with van der Waals surface area (Å²) in [5, 5.41) is 5.59. The minimum atomic E-state index is 0.240. The Bertz CT molecular complexity index is 734. The molecule has 2 N–H and O–H groups in total. The van der Waals surface area contributed by atoms with E-state index in [1.54, 1.807) is 16.9 Å². The van der Waals surface area contributed by atoms with E-state index in [0.717, 1.165) is 21.1 Å². The third-order valence-electron chi connectivity index (χ3n) is 2.70. The van der Waals surface area contributed by atoms with Crippen LogP contribution in [0, 0.1) is 6.92 Å². The fourth-order valence-corrected chi connectivity index (χ4v) is 2.25. The number of rotatable bonds is 1. The predicted octanol–water partition coefficient (Wildman–Crippen LogP) is 2.47. The van der Waals surface area contributed by atoms with Crippen LogP contribution in [0.2, 0.25) is 0 Å². The fraction of sp³-hybridized carbons (Fsp3) is 0.0833. The number of nitrogens with zero attached hydrogens (tertiary/aromatic N) is 4. The molecule has 0 amide bonds. The van der Waals surface area contributed by atoms with Crippen molar-refractivity contribution in [2.75, 3.05) is 5.73 Å². The summed E-state index contributed by atoms with van der Waals surface area (Å²) in [6.07, 6.45) is 1.62. The lowest BCUT2D eigenvalue weighted by atomic mass is 10.2. The number of hydrogen-bond acceptors (Lipinski definition) is 4. The van der Waals surface area contributed by atoms with Gasteiger partial charge in [0.25, 0.3) is 0 Å². The molecule has 0 aliphatic carbocycles. The van der Waals surface area contributed by atoms with Crippen molar-refractivity contribution in [3.63, 3.8) is 0 Å². The van der Waals surface area contributed by atoms with Crippen LogP contribution >= 0.6 is 15.9 Å². The van der Waals surface area contributed by atoms with Crippen LogP contribution in [-0.2, 0) is 0 Å². The van der Waals surface area contributed by atoms with Crippen molar-refractivity contribution < 1.29 is 0 Å². The molecule has 1 aromatic carbocycles. The van der Waals surface area contributed by atoms with Crippen LogP contribution in [-0.4, -0.2) is 19.7 Å². The first kappa shape index (κ1) is 11.2. The standard InChI is InChI=1S/C12H10BrN5/c1-7-9-3-2-8(13)6-10(9)18(17-7)11-4-5-15-12(14)16-11/h2-6H,1H3,(H2,14,15,16). The molecule has 2 aromatic heterocycles. The molecular weight excluding hydrogens is 294 g/mol. The molecule has 90 valence electrons. The molecule has 0 saturated carbocycles. The summed E-state index contributed by atoms with van der Waals surface area (Å²) in [6.45, 7) is 1.97. The van der Waals surface area contributed by atoms with Gasteiger partial charge in [0, 0.05) is 22.1 Å². The lowest BCUT2D eigenvalue weighted by molar-refractivity contribution is 0.852. The van der Waals surface area contributed by atoms with Gasteiger partial charge in [0.15, 0.2) is 5.82 Å².